The van der Waals surface area contributed by atoms with Gasteiger partial charge in [0.05, 0.1) is 32.9 Å². The van der Waals surface area contributed by atoms with Crippen LogP contribution in [-0.4, -0.2) is 48.6 Å². The molecule has 0 saturated heterocycles. The maximum atomic E-state index is 12.8. The second kappa shape index (κ2) is 9.13. The summed E-state index contributed by atoms with van der Waals surface area (Å²) in [4.78, 5) is 32.0. The lowest BCUT2D eigenvalue weighted by Crippen LogP contribution is -2.36. The number of aromatic nitrogens is 1. The van der Waals surface area contributed by atoms with E-state index < -0.39 is 0 Å². The molecule has 0 fully saturated rings. The number of hydrogen-bond donors (Lipinski definition) is 2. The Hall–Kier alpha value is -2.81. The van der Waals surface area contributed by atoms with E-state index in [0.717, 1.165) is 16.1 Å². The summed E-state index contributed by atoms with van der Waals surface area (Å²) in [6.07, 6.45) is 0.966. The second-order valence-electron chi connectivity index (χ2n) is 7.07. The highest BCUT2D eigenvalue weighted by Gasteiger charge is 2.25. The number of hydrogen-bond acceptors (Lipinski definition) is 6. The molecule has 1 aromatic heterocycles. The number of methoxy groups -OCH3 is 2. The fourth-order valence-corrected chi connectivity index (χ4v) is 4.15. The monoisotopic (exact) mass is 418 g/mol. The quantitative estimate of drug-likeness (QED) is 0.753. The van der Waals surface area contributed by atoms with Crippen molar-refractivity contribution in [2.75, 3.05) is 26.1 Å². The van der Waals surface area contributed by atoms with E-state index in [0.29, 0.717) is 36.1 Å². The van der Waals surface area contributed by atoms with Crippen molar-refractivity contribution in [3.8, 4) is 11.5 Å². The van der Waals surface area contributed by atoms with Crippen LogP contribution in [0.2, 0.25) is 0 Å². The van der Waals surface area contributed by atoms with Gasteiger partial charge in [-0.25, -0.2) is 9.78 Å². The van der Waals surface area contributed by atoms with Gasteiger partial charge in [-0.05, 0) is 31.5 Å². The van der Waals surface area contributed by atoms with Crippen LogP contribution in [0.4, 0.5) is 9.93 Å². The molecule has 3 amide bonds. The molecule has 8 nitrogen and oxygen atoms in total. The third-order valence-corrected chi connectivity index (χ3v) is 5.53. The van der Waals surface area contributed by atoms with Crippen LogP contribution in [-0.2, 0) is 24.2 Å². The molecule has 1 aliphatic heterocycles. The molecule has 0 spiro atoms. The van der Waals surface area contributed by atoms with Crippen molar-refractivity contribution in [3.63, 3.8) is 0 Å². The number of benzene rings is 1. The normalized spacial score (nSPS) is 13.1. The van der Waals surface area contributed by atoms with Crippen LogP contribution in [0.25, 0.3) is 0 Å². The largest absolute Gasteiger partial charge is 0.493 e. The maximum Gasteiger partial charge on any atom is 0.321 e. The molecule has 0 radical (unpaired) electrons. The highest BCUT2D eigenvalue weighted by atomic mass is 32.1. The van der Waals surface area contributed by atoms with Gasteiger partial charge in [-0.15, -0.1) is 0 Å². The van der Waals surface area contributed by atoms with Gasteiger partial charge in [0.15, 0.2) is 16.6 Å². The van der Waals surface area contributed by atoms with Gasteiger partial charge in [0, 0.05) is 23.9 Å². The van der Waals surface area contributed by atoms with Gasteiger partial charge in [-0.2, -0.15) is 0 Å². The number of nitrogens with one attached hydrogen (secondary N) is 2. The number of thiazole rings is 1. The van der Waals surface area contributed by atoms with Crippen molar-refractivity contribution in [2.45, 2.75) is 39.3 Å². The van der Waals surface area contributed by atoms with E-state index in [1.807, 2.05) is 30.9 Å². The molecule has 2 heterocycles. The van der Waals surface area contributed by atoms with Gasteiger partial charge in [-0.3, -0.25) is 10.1 Å². The number of carbonyl (C=O) groups is 2. The number of amides is 3. The molecule has 29 heavy (non-hydrogen) atoms. The maximum absolute atomic E-state index is 12.8. The van der Waals surface area contributed by atoms with Gasteiger partial charge in [-0.1, -0.05) is 17.4 Å². The molecule has 2 aromatic rings. The summed E-state index contributed by atoms with van der Waals surface area (Å²) >= 11 is 1.42. The van der Waals surface area contributed by atoms with Crippen molar-refractivity contribution in [2.24, 2.45) is 0 Å². The van der Waals surface area contributed by atoms with Gasteiger partial charge in [0.1, 0.15) is 0 Å². The lowest BCUT2D eigenvalue weighted by atomic mass is 10.1. The summed E-state index contributed by atoms with van der Waals surface area (Å²) < 4.78 is 10.6. The standard InChI is InChI=1S/C20H26N4O4S/c1-12(2)21-19(26)23-20-22-14-7-8-24(11-17(14)29-20)18(25)10-13-5-6-15(27-3)16(9-13)28-4/h5-6,9,12H,7-8,10-11H2,1-4H3,(H2,21,22,23,26). The first-order valence-electron chi connectivity index (χ1n) is 9.44. The number of fused-ring (bicyclic) bond motifs is 1. The summed E-state index contributed by atoms with van der Waals surface area (Å²) in [5.74, 6) is 1.29. The van der Waals surface area contributed by atoms with Gasteiger partial charge >= 0.3 is 6.03 Å². The van der Waals surface area contributed by atoms with E-state index in [1.54, 1.807) is 20.3 Å². The number of urea groups is 1. The Balaban J connectivity index is 1.63. The lowest BCUT2D eigenvalue weighted by Gasteiger charge is -2.26. The molecule has 0 atom stereocenters. The highest BCUT2D eigenvalue weighted by Crippen LogP contribution is 2.30. The summed E-state index contributed by atoms with van der Waals surface area (Å²) in [6, 6.07) is 5.28. The SMILES string of the molecule is COc1ccc(CC(=O)N2CCc3nc(NC(=O)NC(C)C)sc3C2)cc1OC. The van der Waals surface area contributed by atoms with E-state index in [4.69, 9.17) is 9.47 Å². The molecule has 3 rings (SSSR count). The molecular weight excluding hydrogens is 392 g/mol. The highest BCUT2D eigenvalue weighted by molar-refractivity contribution is 7.15. The molecule has 0 unspecified atom stereocenters. The fraction of sp³-hybridized carbons (Fsp3) is 0.450. The zero-order chi connectivity index (χ0) is 21.0. The number of carbonyl (C=O) groups excluding carboxylic acids is 2. The average Bonchev–Trinajstić information content (AvgIpc) is 3.08. The minimum Gasteiger partial charge on any atom is -0.493 e. The fourth-order valence-electron chi connectivity index (χ4n) is 3.13. The molecule has 156 valence electrons. The van der Waals surface area contributed by atoms with Crippen molar-refractivity contribution in [3.05, 3.63) is 34.3 Å². The summed E-state index contributed by atoms with van der Waals surface area (Å²) in [5.41, 5.74) is 1.82. The Bertz CT molecular complexity index is 897. The Morgan fingerprint density at radius 1 is 1.24 bits per heavy atom. The van der Waals surface area contributed by atoms with Crippen LogP contribution in [0.3, 0.4) is 0 Å². The predicted octanol–water partition coefficient (Wildman–Crippen LogP) is 2.82. The minimum absolute atomic E-state index is 0.0447. The smallest absolute Gasteiger partial charge is 0.321 e. The number of nitrogens with zero attached hydrogens (tertiary/aromatic N) is 2. The first-order chi connectivity index (χ1) is 13.9. The average molecular weight is 419 g/mol. The molecule has 0 bridgehead atoms. The molecule has 9 heteroatoms. The van der Waals surface area contributed by atoms with Gasteiger partial charge in [0.2, 0.25) is 5.91 Å². The molecule has 0 aliphatic carbocycles. The number of ether oxygens (including phenoxy) is 2. The summed E-state index contributed by atoms with van der Waals surface area (Å²) in [5, 5.41) is 6.10. The minimum atomic E-state index is -0.271. The van der Waals surface area contributed by atoms with Crippen molar-refractivity contribution in [1.29, 1.82) is 0 Å². The Kier molecular flexibility index (Phi) is 6.58. The van der Waals surface area contributed by atoms with E-state index in [-0.39, 0.29) is 24.4 Å². The molecule has 2 N–H and O–H groups in total. The Morgan fingerprint density at radius 2 is 2.00 bits per heavy atom. The third kappa shape index (κ3) is 5.17. The van der Waals surface area contributed by atoms with Crippen molar-refractivity contribution in [1.82, 2.24) is 15.2 Å². The van der Waals surface area contributed by atoms with Crippen LogP contribution in [0.15, 0.2) is 18.2 Å². The topological polar surface area (TPSA) is 92.8 Å². The zero-order valence-corrected chi connectivity index (χ0v) is 17.9. The van der Waals surface area contributed by atoms with Crippen LogP contribution in [0.5, 0.6) is 11.5 Å². The van der Waals surface area contributed by atoms with Crippen LogP contribution >= 0.6 is 11.3 Å². The van der Waals surface area contributed by atoms with E-state index >= 15 is 0 Å². The zero-order valence-electron chi connectivity index (χ0n) is 17.1. The molecule has 0 saturated carbocycles. The van der Waals surface area contributed by atoms with E-state index in [9.17, 15) is 9.59 Å². The summed E-state index contributed by atoms with van der Waals surface area (Å²) in [6.45, 7) is 4.91. The van der Waals surface area contributed by atoms with E-state index in [2.05, 4.69) is 15.6 Å². The first-order valence-corrected chi connectivity index (χ1v) is 10.3. The molecular formula is C20H26N4O4S. The lowest BCUT2D eigenvalue weighted by molar-refractivity contribution is -0.131. The van der Waals surface area contributed by atoms with Crippen molar-refractivity contribution < 1.29 is 19.1 Å². The predicted molar refractivity (Wildman–Crippen MR) is 112 cm³/mol. The van der Waals surface area contributed by atoms with Crippen LogP contribution < -0.4 is 20.1 Å². The number of anilines is 1. The second-order valence-corrected chi connectivity index (χ2v) is 8.16. The van der Waals surface area contributed by atoms with Crippen LogP contribution in [0.1, 0.15) is 30.0 Å². The first kappa shape index (κ1) is 20.9. The van der Waals surface area contributed by atoms with Gasteiger partial charge < -0.3 is 19.7 Å². The van der Waals surface area contributed by atoms with E-state index in [1.165, 1.54) is 11.3 Å². The number of rotatable bonds is 6. The Morgan fingerprint density at radius 3 is 2.69 bits per heavy atom. The molecule has 1 aliphatic rings. The third-order valence-electron chi connectivity index (χ3n) is 4.53. The van der Waals surface area contributed by atoms with Crippen molar-refractivity contribution >= 4 is 28.4 Å². The molecule has 1 aromatic carbocycles. The summed E-state index contributed by atoms with van der Waals surface area (Å²) in [7, 11) is 3.16. The van der Waals surface area contributed by atoms with Crippen LogP contribution in [0, 0.1) is 0 Å². The Labute approximate surface area is 174 Å². The van der Waals surface area contributed by atoms with Gasteiger partial charge in [0.25, 0.3) is 0 Å².